The van der Waals surface area contributed by atoms with Gasteiger partial charge in [0.05, 0.1) is 0 Å². The number of carbonyl (C=O) groups is 1. The van der Waals surface area contributed by atoms with E-state index in [1.165, 1.54) is 0 Å². The predicted molar refractivity (Wildman–Crippen MR) is 87.2 cm³/mol. The molecule has 0 aromatic heterocycles. The first kappa shape index (κ1) is 14.6. The summed E-state index contributed by atoms with van der Waals surface area (Å²) in [6.07, 6.45) is 0. The highest BCUT2D eigenvalue weighted by Crippen LogP contribution is 2.24. The van der Waals surface area contributed by atoms with Gasteiger partial charge in [0.1, 0.15) is 0 Å². The Bertz CT molecular complexity index is 657. The van der Waals surface area contributed by atoms with E-state index in [0.717, 1.165) is 32.4 Å². The minimum atomic E-state index is -0.100. The van der Waals surface area contributed by atoms with Crippen molar-refractivity contribution in [1.29, 1.82) is 0 Å². The van der Waals surface area contributed by atoms with Crippen molar-refractivity contribution in [3.8, 4) is 0 Å². The minimum absolute atomic E-state index is 0.100. The fourth-order valence-corrected chi connectivity index (χ4v) is 2.72. The lowest BCUT2D eigenvalue weighted by Crippen LogP contribution is -2.15. The van der Waals surface area contributed by atoms with Crippen LogP contribution in [0.4, 0.5) is 11.4 Å². The second kappa shape index (κ2) is 5.67. The first-order valence-corrected chi connectivity index (χ1v) is 7.12. The monoisotopic (exact) mass is 332 g/mol. The summed E-state index contributed by atoms with van der Waals surface area (Å²) in [6.45, 7) is 5.93. The van der Waals surface area contributed by atoms with Gasteiger partial charge in [-0.1, -0.05) is 17.7 Å². The Morgan fingerprint density at radius 1 is 1.10 bits per heavy atom. The molecule has 0 aliphatic rings. The van der Waals surface area contributed by atoms with Crippen LogP contribution in [0.25, 0.3) is 0 Å². The molecule has 3 nitrogen and oxygen atoms in total. The SMILES string of the molecule is Cc1cc(C)c(C(=O)Nc2ccc(N)c(Br)c2)c(C)c1. The zero-order chi connectivity index (χ0) is 14.9. The third-order valence-electron chi connectivity index (χ3n) is 3.16. The van der Waals surface area contributed by atoms with E-state index in [0.29, 0.717) is 5.69 Å². The molecule has 3 N–H and O–H groups in total. The number of amides is 1. The van der Waals surface area contributed by atoms with Crippen LogP contribution in [0.2, 0.25) is 0 Å². The van der Waals surface area contributed by atoms with Crippen molar-refractivity contribution in [1.82, 2.24) is 0 Å². The lowest BCUT2D eigenvalue weighted by molar-refractivity contribution is 0.102. The fraction of sp³-hybridized carbons (Fsp3) is 0.188. The molecule has 0 saturated carbocycles. The standard InChI is InChI=1S/C16H17BrN2O/c1-9-6-10(2)15(11(3)7-9)16(20)19-12-4-5-14(18)13(17)8-12/h4-8H,18H2,1-3H3,(H,19,20). The molecule has 0 fully saturated rings. The Balaban J connectivity index is 2.31. The van der Waals surface area contributed by atoms with E-state index in [4.69, 9.17) is 5.73 Å². The molecule has 0 unspecified atom stereocenters. The Labute approximate surface area is 127 Å². The van der Waals surface area contributed by atoms with Crippen molar-refractivity contribution in [2.75, 3.05) is 11.1 Å². The minimum Gasteiger partial charge on any atom is -0.398 e. The van der Waals surface area contributed by atoms with Gasteiger partial charge in [0.15, 0.2) is 0 Å². The lowest BCUT2D eigenvalue weighted by Gasteiger charge is -2.12. The number of aryl methyl sites for hydroxylation is 3. The summed E-state index contributed by atoms with van der Waals surface area (Å²) in [5.41, 5.74) is 10.9. The zero-order valence-electron chi connectivity index (χ0n) is 11.8. The first-order chi connectivity index (χ1) is 9.38. The van der Waals surface area contributed by atoms with Crippen LogP contribution in [0.15, 0.2) is 34.8 Å². The average molecular weight is 333 g/mol. The number of hydrogen-bond donors (Lipinski definition) is 2. The summed E-state index contributed by atoms with van der Waals surface area (Å²) in [5, 5.41) is 2.90. The maximum absolute atomic E-state index is 12.4. The maximum atomic E-state index is 12.4. The molecule has 0 aliphatic carbocycles. The van der Waals surface area contributed by atoms with Crippen LogP contribution in [-0.4, -0.2) is 5.91 Å². The molecule has 1 amide bonds. The molecule has 2 aromatic carbocycles. The van der Waals surface area contributed by atoms with E-state index >= 15 is 0 Å². The van der Waals surface area contributed by atoms with Gasteiger partial charge in [-0.3, -0.25) is 4.79 Å². The van der Waals surface area contributed by atoms with Gasteiger partial charge < -0.3 is 11.1 Å². The van der Waals surface area contributed by atoms with E-state index < -0.39 is 0 Å². The van der Waals surface area contributed by atoms with Crippen LogP contribution in [0.5, 0.6) is 0 Å². The van der Waals surface area contributed by atoms with Gasteiger partial charge in [0.25, 0.3) is 5.91 Å². The molecule has 4 heteroatoms. The van der Waals surface area contributed by atoms with E-state index in [-0.39, 0.29) is 5.91 Å². The molecular formula is C16H17BrN2O. The number of benzene rings is 2. The number of nitrogens with one attached hydrogen (secondary N) is 1. The maximum Gasteiger partial charge on any atom is 0.256 e. The molecular weight excluding hydrogens is 316 g/mol. The molecule has 0 spiro atoms. The normalized spacial score (nSPS) is 10.4. The second-order valence-corrected chi connectivity index (χ2v) is 5.82. The van der Waals surface area contributed by atoms with Gasteiger partial charge in [0.2, 0.25) is 0 Å². The molecule has 2 aromatic rings. The summed E-state index contributed by atoms with van der Waals surface area (Å²) in [7, 11) is 0. The summed E-state index contributed by atoms with van der Waals surface area (Å²) >= 11 is 3.35. The highest BCUT2D eigenvalue weighted by molar-refractivity contribution is 9.10. The third-order valence-corrected chi connectivity index (χ3v) is 3.85. The van der Waals surface area contributed by atoms with Crippen LogP contribution >= 0.6 is 15.9 Å². The molecule has 0 bridgehead atoms. The fourth-order valence-electron chi connectivity index (χ4n) is 2.34. The topological polar surface area (TPSA) is 55.1 Å². The van der Waals surface area contributed by atoms with Crippen LogP contribution in [0.3, 0.4) is 0 Å². The lowest BCUT2D eigenvalue weighted by atomic mass is 9.99. The second-order valence-electron chi connectivity index (χ2n) is 4.96. The third kappa shape index (κ3) is 3.02. The van der Waals surface area contributed by atoms with Crippen LogP contribution in [-0.2, 0) is 0 Å². The molecule has 0 aliphatic heterocycles. The van der Waals surface area contributed by atoms with Crippen molar-refractivity contribution < 1.29 is 4.79 Å². The predicted octanol–water partition coefficient (Wildman–Crippen LogP) is 4.21. The van der Waals surface area contributed by atoms with Gasteiger partial charge >= 0.3 is 0 Å². The van der Waals surface area contributed by atoms with Crippen molar-refractivity contribution in [3.63, 3.8) is 0 Å². The number of nitrogen functional groups attached to an aromatic ring is 1. The van der Waals surface area contributed by atoms with Crippen molar-refractivity contribution in [2.45, 2.75) is 20.8 Å². The largest absolute Gasteiger partial charge is 0.398 e. The van der Waals surface area contributed by atoms with Crippen LogP contribution < -0.4 is 11.1 Å². The Morgan fingerprint density at radius 2 is 1.70 bits per heavy atom. The summed E-state index contributed by atoms with van der Waals surface area (Å²) < 4.78 is 0.771. The molecule has 0 radical (unpaired) electrons. The quantitative estimate of drug-likeness (QED) is 0.809. The number of anilines is 2. The van der Waals surface area contributed by atoms with Crippen molar-refractivity contribution in [2.24, 2.45) is 0 Å². The zero-order valence-corrected chi connectivity index (χ0v) is 13.3. The summed E-state index contributed by atoms with van der Waals surface area (Å²) in [6, 6.07) is 9.37. The van der Waals surface area contributed by atoms with E-state index in [1.54, 1.807) is 18.2 Å². The Hall–Kier alpha value is -1.81. The van der Waals surface area contributed by atoms with Crippen LogP contribution in [0, 0.1) is 20.8 Å². The Kier molecular flexibility index (Phi) is 4.14. The van der Waals surface area contributed by atoms with Crippen LogP contribution in [0.1, 0.15) is 27.0 Å². The van der Waals surface area contributed by atoms with Gasteiger partial charge in [-0.05, 0) is 66.0 Å². The van der Waals surface area contributed by atoms with E-state index in [1.807, 2.05) is 32.9 Å². The summed E-state index contributed by atoms with van der Waals surface area (Å²) in [5.74, 6) is -0.100. The summed E-state index contributed by atoms with van der Waals surface area (Å²) in [4.78, 5) is 12.4. The number of hydrogen-bond acceptors (Lipinski definition) is 2. The molecule has 104 valence electrons. The van der Waals surface area contributed by atoms with Gasteiger partial charge in [0, 0.05) is 21.4 Å². The van der Waals surface area contributed by atoms with E-state index in [2.05, 4.69) is 21.2 Å². The van der Waals surface area contributed by atoms with Crippen molar-refractivity contribution >= 4 is 33.2 Å². The molecule has 20 heavy (non-hydrogen) atoms. The smallest absolute Gasteiger partial charge is 0.256 e. The molecule has 0 saturated heterocycles. The van der Waals surface area contributed by atoms with Crippen molar-refractivity contribution in [3.05, 3.63) is 57.1 Å². The van der Waals surface area contributed by atoms with Gasteiger partial charge in [-0.25, -0.2) is 0 Å². The number of rotatable bonds is 2. The van der Waals surface area contributed by atoms with Gasteiger partial charge in [-0.2, -0.15) is 0 Å². The van der Waals surface area contributed by atoms with E-state index in [9.17, 15) is 4.79 Å². The average Bonchev–Trinajstić information content (AvgIpc) is 2.32. The molecule has 0 heterocycles. The molecule has 2 rings (SSSR count). The first-order valence-electron chi connectivity index (χ1n) is 6.32. The van der Waals surface area contributed by atoms with Gasteiger partial charge in [-0.15, -0.1) is 0 Å². The Morgan fingerprint density at radius 3 is 2.25 bits per heavy atom. The highest BCUT2D eigenvalue weighted by atomic mass is 79.9. The number of carbonyl (C=O) groups excluding carboxylic acids is 1. The molecule has 0 atom stereocenters. The number of halogens is 1. The highest BCUT2D eigenvalue weighted by Gasteiger charge is 2.13. The number of nitrogens with two attached hydrogens (primary N) is 1.